The molecule has 3 aromatic rings. The molecule has 0 saturated heterocycles. The summed E-state index contributed by atoms with van der Waals surface area (Å²) in [4.78, 5) is 0. The molecule has 0 aliphatic rings. The van der Waals surface area contributed by atoms with Crippen LogP contribution in [0.15, 0.2) is 48.7 Å². The van der Waals surface area contributed by atoms with Gasteiger partial charge in [-0.1, -0.05) is 12.1 Å². The number of hydrogen-bond donors (Lipinski definition) is 1. The Bertz CT molecular complexity index is 727. The van der Waals surface area contributed by atoms with Crippen molar-refractivity contribution in [2.24, 2.45) is 0 Å². The van der Waals surface area contributed by atoms with E-state index in [1.807, 2.05) is 35.0 Å². The number of nitrogen functional groups attached to an aromatic ring is 1. The van der Waals surface area contributed by atoms with Crippen molar-refractivity contribution in [2.75, 3.05) is 5.73 Å². The van der Waals surface area contributed by atoms with Gasteiger partial charge in [-0.2, -0.15) is 0 Å². The molecule has 1 aromatic heterocycles. The fourth-order valence-electron chi connectivity index (χ4n) is 2.32. The average Bonchev–Trinajstić information content (AvgIpc) is 2.72. The van der Waals surface area contributed by atoms with E-state index in [9.17, 15) is 8.78 Å². The number of anilines is 1. The molecule has 3 rings (SSSR count). The highest BCUT2D eigenvalue weighted by Gasteiger charge is 2.06. The molecule has 0 unspecified atom stereocenters. The first-order valence-electron chi connectivity index (χ1n) is 5.92. The molecule has 0 fully saturated rings. The standard InChI is InChI=1S/C15H12F2N2/c16-12-6-10(7-13(17)8-12)9-19-5-4-11-2-1-3-14(18)15(11)19/h1-8H,9,18H2. The highest BCUT2D eigenvalue weighted by molar-refractivity contribution is 5.90. The lowest BCUT2D eigenvalue weighted by atomic mass is 10.2. The van der Waals surface area contributed by atoms with Gasteiger partial charge in [0.05, 0.1) is 11.2 Å². The van der Waals surface area contributed by atoms with E-state index in [1.54, 1.807) is 0 Å². The summed E-state index contributed by atoms with van der Waals surface area (Å²) in [6, 6.07) is 11.1. The Labute approximate surface area is 109 Å². The van der Waals surface area contributed by atoms with Crippen molar-refractivity contribution in [3.63, 3.8) is 0 Å². The molecule has 0 bridgehead atoms. The molecular formula is C15H12F2N2. The van der Waals surface area contributed by atoms with Crippen LogP contribution in [0.25, 0.3) is 10.9 Å². The van der Waals surface area contributed by atoms with Crippen LogP contribution in [-0.2, 0) is 6.54 Å². The van der Waals surface area contributed by atoms with Crippen LogP contribution in [0.4, 0.5) is 14.5 Å². The first kappa shape index (κ1) is 11.7. The third-order valence-corrected chi connectivity index (χ3v) is 3.09. The van der Waals surface area contributed by atoms with Gasteiger partial charge in [0, 0.05) is 24.2 Å². The van der Waals surface area contributed by atoms with Gasteiger partial charge in [-0.15, -0.1) is 0 Å². The minimum absolute atomic E-state index is 0.381. The zero-order chi connectivity index (χ0) is 13.4. The van der Waals surface area contributed by atoms with Crippen LogP contribution in [0.2, 0.25) is 0 Å². The molecule has 0 amide bonds. The monoisotopic (exact) mass is 258 g/mol. The lowest BCUT2D eigenvalue weighted by Crippen LogP contribution is -2.01. The van der Waals surface area contributed by atoms with Gasteiger partial charge in [0.15, 0.2) is 0 Å². The van der Waals surface area contributed by atoms with Gasteiger partial charge in [0.1, 0.15) is 11.6 Å². The maximum absolute atomic E-state index is 13.2. The van der Waals surface area contributed by atoms with Gasteiger partial charge in [-0.3, -0.25) is 0 Å². The Morgan fingerprint density at radius 3 is 2.47 bits per heavy atom. The van der Waals surface area contributed by atoms with E-state index in [0.29, 0.717) is 17.8 Å². The van der Waals surface area contributed by atoms with E-state index in [4.69, 9.17) is 5.73 Å². The summed E-state index contributed by atoms with van der Waals surface area (Å²) in [5.41, 5.74) is 8.05. The summed E-state index contributed by atoms with van der Waals surface area (Å²) in [5, 5.41) is 1.01. The Kier molecular flexibility index (Phi) is 2.71. The summed E-state index contributed by atoms with van der Waals surface area (Å²) in [7, 11) is 0. The molecule has 0 saturated carbocycles. The highest BCUT2D eigenvalue weighted by Crippen LogP contribution is 2.23. The number of benzene rings is 2. The molecule has 0 spiro atoms. The molecule has 96 valence electrons. The van der Waals surface area contributed by atoms with Gasteiger partial charge < -0.3 is 10.3 Å². The summed E-state index contributed by atoms with van der Waals surface area (Å²) in [6.45, 7) is 0.381. The van der Waals surface area contributed by atoms with E-state index in [1.165, 1.54) is 12.1 Å². The second-order valence-electron chi connectivity index (χ2n) is 4.51. The number of rotatable bonds is 2. The summed E-state index contributed by atoms with van der Waals surface area (Å²) in [6.07, 6.45) is 1.86. The maximum atomic E-state index is 13.2. The molecule has 0 atom stereocenters. The smallest absolute Gasteiger partial charge is 0.126 e. The molecular weight excluding hydrogens is 246 g/mol. The second-order valence-corrected chi connectivity index (χ2v) is 4.51. The predicted molar refractivity (Wildman–Crippen MR) is 71.8 cm³/mol. The van der Waals surface area contributed by atoms with E-state index in [-0.39, 0.29) is 0 Å². The lowest BCUT2D eigenvalue weighted by molar-refractivity contribution is 0.578. The van der Waals surface area contributed by atoms with Crippen LogP contribution in [0.5, 0.6) is 0 Å². The van der Waals surface area contributed by atoms with Crippen LogP contribution >= 0.6 is 0 Å². The fourth-order valence-corrected chi connectivity index (χ4v) is 2.32. The number of nitrogens with two attached hydrogens (primary N) is 1. The van der Waals surface area contributed by atoms with Gasteiger partial charge in [-0.25, -0.2) is 8.78 Å². The van der Waals surface area contributed by atoms with Gasteiger partial charge >= 0.3 is 0 Å². The van der Waals surface area contributed by atoms with Crippen molar-refractivity contribution < 1.29 is 8.78 Å². The topological polar surface area (TPSA) is 30.9 Å². The van der Waals surface area contributed by atoms with Crippen LogP contribution in [0, 0.1) is 11.6 Å². The fraction of sp³-hybridized carbons (Fsp3) is 0.0667. The molecule has 0 aliphatic heterocycles. The number of para-hydroxylation sites is 1. The number of nitrogens with zero attached hydrogens (tertiary/aromatic N) is 1. The zero-order valence-corrected chi connectivity index (χ0v) is 10.1. The van der Waals surface area contributed by atoms with Crippen molar-refractivity contribution in [1.82, 2.24) is 4.57 Å². The first-order valence-corrected chi connectivity index (χ1v) is 5.92. The zero-order valence-electron chi connectivity index (χ0n) is 10.1. The Balaban J connectivity index is 2.06. The summed E-state index contributed by atoms with van der Waals surface area (Å²) < 4.78 is 28.2. The Morgan fingerprint density at radius 2 is 1.74 bits per heavy atom. The van der Waals surface area contributed by atoms with E-state index < -0.39 is 11.6 Å². The van der Waals surface area contributed by atoms with Crippen molar-refractivity contribution in [3.05, 3.63) is 65.9 Å². The van der Waals surface area contributed by atoms with Crippen molar-refractivity contribution in [2.45, 2.75) is 6.54 Å². The highest BCUT2D eigenvalue weighted by atomic mass is 19.1. The second kappa shape index (κ2) is 4.39. The third kappa shape index (κ3) is 2.17. The van der Waals surface area contributed by atoms with Crippen LogP contribution in [0.3, 0.4) is 0 Å². The largest absolute Gasteiger partial charge is 0.397 e. The van der Waals surface area contributed by atoms with E-state index in [2.05, 4.69) is 0 Å². The molecule has 0 radical (unpaired) electrons. The molecule has 2 aromatic carbocycles. The lowest BCUT2D eigenvalue weighted by Gasteiger charge is -2.08. The van der Waals surface area contributed by atoms with Gasteiger partial charge in [0.2, 0.25) is 0 Å². The SMILES string of the molecule is Nc1cccc2ccn(Cc3cc(F)cc(F)c3)c12. The predicted octanol–water partition coefficient (Wildman–Crippen LogP) is 3.55. The first-order chi connectivity index (χ1) is 9.13. The number of hydrogen-bond acceptors (Lipinski definition) is 1. The minimum Gasteiger partial charge on any atom is -0.397 e. The third-order valence-electron chi connectivity index (χ3n) is 3.09. The average molecular weight is 258 g/mol. The summed E-state index contributed by atoms with van der Waals surface area (Å²) in [5.74, 6) is -1.14. The Morgan fingerprint density at radius 1 is 1.00 bits per heavy atom. The minimum atomic E-state index is -0.570. The number of fused-ring (bicyclic) bond motifs is 1. The Hall–Kier alpha value is -2.36. The van der Waals surface area contributed by atoms with Gasteiger partial charge in [0.25, 0.3) is 0 Å². The quantitative estimate of drug-likeness (QED) is 0.700. The normalized spacial score (nSPS) is 11.1. The van der Waals surface area contributed by atoms with E-state index >= 15 is 0 Å². The number of aromatic nitrogens is 1. The molecule has 2 N–H and O–H groups in total. The molecule has 4 heteroatoms. The molecule has 19 heavy (non-hydrogen) atoms. The molecule has 0 aliphatic carbocycles. The van der Waals surface area contributed by atoms with Crippen LogP contribution in [-0.4, -0.2) is 4.57 Å². The van der Waals surface area contributed by atoms with Crippen molar-refractivity contribution >= 4 is 16.6 Å². The van der Waals surface area contributed by atoms with Gasteiger partial charge in [-0.05, 0) is 29.8 Å². The van der Waals surface area contributed by atoms with E-state index in [0.717, 1.165) is 17.0 Å². The van der Waals surface area contributed by atoms with Crippen LogP contribution in [0.1, 0.15) is 5.56 Å². The molecule has 1 heterocycles. The summed E-state index contributed by atoms with van der Waals surface area (Å²) >= 11 is 0. The maximum Gasteiger partial charge on any atom is 0.126 e. The van der Waals surface area contributed by atoms with Crippen LogP contribution < -0.4 is 5.73 Å². The van der Waals surface area contributed by atoms with Crippen molar-refractivity contribution in [3.8, 4) is 0 Å². The van der Waals surface area contributed by atoms with Crippen molar-refractivity contribution in [1.29, 1.82) is 0 Å². The molecule has 2 nitrogen and oxygen atoms in total. The number of halogens is 2.